The number of nitrogens with one attached hydrogen (secondary N) is 1. The van der Waals surface area contributed by atoms with Crippen LogP contribution in [0, 0.1) is 0 Å². The molecular formula is C20H26N4O3. The highest BCUT2D eigenvalue weighted by molar-refractivity contribution is 5.95. The van der Waals surface area contributed by atoms with Gasteiger partial charge in [-0.1, -0.05) is 6.07 Å². The summed E-state index contributed by atoms with van der Waals surface area (Å²) in [4.78, 5) is 21.6. The first-order chi connectivity index (χ1) is 13.1. The van der Waals surface area contributed by atoms with E-state index in [1.165, 1.54) is 0 Å². The number of nitrogens with zero attached hydrogens (tertiary/aromatic N) is 3. The van der Waals surface area contributed by atoms with E-state index in [-0.39, 0.29) is 5.91 Å². The number of piperazine rings is 1. The molecule has 0 radical (unpaired) electrons. The van der Waals surface area contributed by atoms with Crippen LogP contribution in [0.2, 0.25) is 0 Å². The van der Waals surface area contributed by atoms with Crippen LogP contribution in [0.15, 0.2) is 36.5 Å². The maximum Gasteiger partial charge on any atom is 0.251 e. The van der Waals surface area contributed by atoms with E-state index in [2.05, 4.69) is 27.1 Å². The average molecular weight is 370 g/mol. The number of hydrogen-bond donors (Lipinski definition) is 1. The fourth-order valence-corrected chi connectivity index (χ4v) is 2.97. The number of carbonyl (C=O) groups is 1. The number of pyridine rings is 1. The Morgan fingerprint density at radius 2 is 1.74 bits per heavy atom. The maximum atomic E-state index is 12.4. The van der Waals surface area contributed by atoms with Gasteiger partial charge in [0, 0.05) is 50.6 Å². The summed E-state index contributed by atoms with van der Waals surface area (Å²) in [6.07, 6.45) is 1.82. The number of benzene rings is 1. The lowest BCUT2D eigenvalue weighted by Gasteiger charge is -2.33. The summed E-state index contributed by atoms with van der Waals surface area (Å²) in [5.74, 6) is 1.96. The van der Waals surface area contributed by atoms with Gasteiger partial charge in [0.05, 0.1) is 14.2 Å². The molecule has 144 valence electrons. The molecule has 1 N–H and O–H groups in total. The standard InChI is InChI=1S/C20H26N4O3/c1-23-6-8-24(9-7-23)19-5-4-15(13-21-19)14-22-20(25)16-10-17(26-2)12-18(11-16)27-3/h4-5,10-13H,6-9,14H2,1-3H3,(H,22,25). The molecule has 0 atom stereocenters. The third-order valence-electron chi connectivity index (χ3n) is 4.70. The van der Waals surface area contributed by atoms with Crippen LogP contribution in [-0.2, 0) is 6.54 Å². The molecule has 0 unspecified atom stereocenters. The lowest BCUT2D eigenvalue weighted by molar-refractivity contribution is 0.0950. The SMILES string of the molecule is COc1cc(OC)cc(C(=O)NCc2ccc(N3CCN(C)CC3)nc2)c1. The molecule has 1 fully saturated rings. The van der Waals surface area contributed by atoms with Gasteiger partial charge >= 0.3 is 0 Å². The molecule has 2 heterocycles. The zero-order valence-corrected chi connectivity index (χ0v) is 16.1. The molecule has 0 spiro atoms. The topological polar surface area (TPSA) is 66.9 Å². The third-order valence-corrected chi connectivity index (χ3v) is 4.70. The molecule has 2 aromatic rings. The fraction of sp³-hybridized carbons (Fsp3) is 0.400. The van der Waals surface area contributed by atoms with Crippen molar-refractivity contribution in [2.24, 2.45) is 0 Å². The average Bonchev–Trinajstić information content (AvgIpc) is 2.72. The van der Waals surface area contributed by atoms with Gasteiger partial charge in [0.1, 0.15) is 17.3 Å². The van der Waals surface area contributed by atoms with E-state index in [0.29, 0.717) is 23.6 Å². The molecule has 7 heteroatoms. The summed E-state index contributed by atoms with van der Waals surface area (Å²) in [6.45, 7) is 4.47. The first-order valence-corrected chi connectivity index (χ1v) is 8.98. The van der Waals surface area contributed by atoms with Crippen molar-refractivity contribution in [3.63, 3.8) is 0 Å². The molecule has 0 aliphatic carbocycles. The molecular weight excluding hydrogens is 344 g/mol. The molecule has 1 aromatic carbocycles. The monoisotopic (exact) mass is 370 g/mol. The van der Waals surface area contributed by atoms with Crippen LogP contribution in [0.4, 0.5) is 5.82 Å². The minimum Gasteiger partial charge on any atom is -0.497 e. The minimum atomic E-state index is -0.185. The molecule has 27 heavy (non-hydrogen) atoms. The third kappa shape index (κ3) is 4.89. The second-order valence-corrected chi connectivity index (χ2v) is 6.60. The zero-order valence-electron chi connectivity index (χ0n) is 16.1. The molecule has 1 amide bonds. The molecule has 0 saturated carbocycles. The number of anilines is 1. The number of ether oxygens (including phenoxy) is 2. The molecule has 3 rings (SSSR count). The second kappa shape index (κ2) is 8.73. The van der Waals surface area contributed by atoms with Crippen molar-refractivity contribution in [2.45, 2.75) is 6.54 Å². The quantitative estimate of drug-likeness (QED) is 0.836. The summed E-state index contributed by atoms with van der Waals surface area (Å²) in [5.41, 5.74) is 1.45. The molecule has 1 saturated heterocycles. The van der Waals surface area contributed by atoms with E-state index in [4.69, 9.17) is 9.47 Å². The van der Waals surface area contributed by atoms with Crippen LogP contribution >= 0.6 is 0 Å². The van der Waals surface area contributed by atoms with E-state index in [9.17, 15) is 4.79 Å². The van der Waals surface area contributed by atoms with Gasteiger partial charge in [-0.3, -0.25) is 4.79 Å². The molecule has 0 bridgehead atoms. The predicted octanol–water partition coefficient (Wildman–Crippen LogP) is 1.78. The number of aromatic nitrogens is 1. The fourth-order valence-electron chi connectivity index (χ4n) is 2.97. The number of hydrogen-bond acceptors (Lipinski definition) is 6. The van der Waals surface area contributed by atoms with E-state index in [1.807, 2.05) is 18.3 Å². The number of carbonyl (C=O) groups excluding carboxylic acids is 1. The van der Waals surface area contributed by atoms with Crippen molar-refractivity contribution >= 4 is 11.7 Å². The summed E-state index contributed by atoms with van der Waals surface area (Å²) < 4.78 is 10.4. The number of methoxy groups -OCH3 is 2. The molecule has 1 aromatic heterocycles. The van der Waals surface area contributed by atoms with Crippen molar-refractivity contribution in [3.8, 4) is 11.5 Å². The van der Waals surface area contributed by atoms with Crippen molar-refractivity contribution in [1.29, 1.82) is 0 Å². The Kier molecular flexibility index (Phi) is 6.13. The van der Waals surface area contributed by atoms with E-state index in [1.54, 1.807) is 32.4 Å². The first-order valence-electron chi connectivity index (χ1n) is 8.98. The molecule has 1 aliphatic rings. The van der Waals surface area contributed by atoms with Crippen LogP contribution in [0.5, 0.6) is 11.5 Å². The van der Waals surface area contributed by atoms with Crippen molar-refractivity contribution in [2.75, 3.05) is 52.3 Å². The summed E-state index contributed by atoms with van der Waals surface area (Å²) >= 11 is 0. The summed E-state index contributed by atoms with van der Waals surface area (Å²) in [5, 5.41) is 2.91. The van der Waals surface area contributed by atoms with Crippen molar-refractivity contribution in [3.05, 3.63) is 47.7 Å². The van der Waals surface area contributed by atoms with Gasteiger partial charge in [-0.15, -0.1) is 0 Å². The van der Waals surface area contributed by atoms with Gasteiger partial charge in [0.2, 0.25) is 0 Å². The summed E-state index contributed by atoms with van der Waals surface area (Å²) in [7, 11) is 5.25. The van der Waals surface area contributed by atoms with Crippen LogP contribution in [0.3, 0.4) is 0 Å². The van der Waals surface area contributed by atoms with Crippen LogP contribution in [0.1, 0.15) is 15.9 Å². The zero-order chi connectivity index (χ0) is 19.2. The van der Waals surface area contributed by atoms with Gasteiger partial charge in [-0.2, -0.15) is 0 Å². The Morgan fingerprint density at radius 3 is 2.30 bits per heavy atom. The van der Waals surface area contributed by atoms with E-state index < -0.39 is 0 Å². The van der Waals surface area contributed by atoms with Gasteiger partial charge in [-0.05, 0) is 30.8 Å². The highest BCUT2D eigenvalue weighted by Gasteiger charge is 2.15. The number of rotatable bonds is 6. The Labute approximate surface area is 159 Å². The maximum absolute atomic E-state index is 12.4. The second-order valence-electron chi connectivity index (χ2n) is 6.60. The Hall–Kier alpha value is -2.80. The first kappa shape index (κ1) is 19.0. The van der Waals surface area contributed by atoms with Gasteiger partial charge in [0.15, 0.2) is 0 Å². The highest BCUT2D eigenvalue weighted by atomic mass is 16.5. The summed E-state index contributed by atoms with van der Waals surface area (Å²) in [6, 6.07) is 9.13. The van der Waals surface area contributed by atoms with Gasteiger partial charge in [0.25, 0.3) is 5.91 Å². The highest BCUT2D eigenvalue weighted by Crippen LogP contribution is 2.22. The van der Waals surface area contributed by atoms with Gasteiger partial charge < -0.3 is 24.6 Å². The van der Waals surface area contributed by atoms with Crippen LogP contribution in [0.25, 0.3) is 0 Å². The Morgan fingerprint density at radius 1 is 1.07 bits per heavy atom. The van der Waals surface area contributed by atoms with Crippen molar-refractivity contribution in [1.82, 2.24) is 15.2 Å². The minimum absolute atomic E-state index is 0.185. The molecule has 7 nitrogen and oxygen atoms in total. The Balaban J connectivity index is 1.59. The smallest absolute Gasteiger partial charge is 0.251 e. The van der Waals surface area contributed by atoms with E-state index in [0.717, 1.165) is 37.6 Å². The van der Waals surface area contributed by atoms with Crippen LogP contribution in [-0.4, -0.2) is 63.2 Å². The van der Waals surface area contributed by atoms with Crippen LogP contribution < -0.4 is 19.7 Å². The Bertz CT molecular complexity index is 749. The lowest BCUT2D eigenvalue weighted by Crippen LogP contribution is -2.44. The van der Waals surface area contributed by atoms with Crippen molar-refractivity contribution < 1.29 is 14.3 Å². The normalized spacial score (nSPS) is 14.7. The van der Waals surface area contributed by atoms with Gasteiger partial charge in [-0.25, -0.2) is 4.98 Å². The molecule has 1 aliphatic heterocycles. The predicted molar refractivity (Wildman–Crippen MR) is 105 cm³/mol. The largest absolute Gasteiger partial charge is 0.497 e. The lowest BCUT2D eigenvalue weighted by atomic mass is 10.1. The van der Waals surface area contributed by atoms with E-state index >= 15 is 0 Å². The number of amides is 1. The number of likely N-dealkylation sites (N-methyl/N-ethyl adjacent to an activating group) is 1.